The first-order chi connectivity index (χ1) is 12.1. The summed E-state index contributed by atoms with van der Waals surface area (Å²) in [6.07, 6.45) is 0.00374. The number of hydrogen-bond donors (Lipinski definition) is 1. The smallest absolute Gasteiger partial charge is 0.328 e. The van der Waals surface area contributed by atoms with Crippen LogP contribution < -0.4 is 5.32 Å². The Morgan fingerprint density at radius 1 is 1.08 bits per heavy atom. The second-order valence-corrected chi connectivity index (χ2v) is 5.42. The molecule has 0 saturated carbocycles. The Labute approximate surface area is 145 Å². The molecule has 0 heterocycles. The van der Waals surface area contributed by atoms with Gasteiger partial charge in [0.25, 0.3) is 0 Å². The van der Waals surface area contributed by atoms with Gasteiger partial charge in [-0.2, -0.15) is 0 Å². The molecule has 2 aromatic rings. The Hall–Kier alpha value is -2.73. The van der Waals surface area contributed by atoms with E-state index in [1.165, 1.54) is 13.2 Å². The van der Waals surface area contributed by atoms with Crippen LogP contribution in [-0.4, -0.2) is 31.6 Å². The molecule has 0 spiro atoms. The van der Waals surface area contributed by atoms with Crippen molar-refractivity contribution >= 4 is 11.9 Å². The van der Waals surface area contributed by atoms with Crippen molar-refractivity contribution in [2.24, 2.45) is 0 Å². The Kier molecular flexibility index (Phi) is 7.10. The van der Waals surface area contributed by atoms with Crippen molar-refractivity contribution in [3.63, 3.8) is 0 Å². The van der Waals surface area contributed by atoms with Crippen LogP contribution in [0.15, 0.2) is 54.6 Å². The van der Waals surface area contributed by atoms with E-state index >= 15 is 0 Å². The maximum absolute atomic E-state index is 13.8. The maximum atomic E-state index is 13.8. The van der Waals surface area contributed by atoms with Crippen LogP contribution in [0.3, 0.4) is 0 Å². The zero-order valence-electron chi connectivity index (χ0n) is 13.9. The molecule has 0 radical (unpaired) electrons. The number of ether oxygens (including phenoxy) is 2. The summed E-state index contributed by atoms with van der Waals surface area (Å²) in [7, 11) is 1.22. The summed E-state index contributed by atoms with van der Waals surface area (Å²) in [5.41, 5.74) is 1.26. The number of benzene rings is 2. The number of carbonyl (C=O) groups excluding carboxylic acids is 2. The number of rotatable bonds is 8. The van der Waals surface area contributed by atoms with Gasteiger partial charge < -0.3 is 14.8 Å². The van der Waals surface area contributed by atoms with Crippen LogP contribution in [0.25, 0.3) is 0 Å². The van der Waals surface area contributed by atoms with Gasteiger partial charge in [-0.3, -0.25) is 4.79 Å². The quantitative estimate of drug-likeness (QED) is 0.745. The number of hydrogen-bond acceptors (Lipinski definition) is 4. The second-order valence-electron chi connectivity index (χ2n) is 5.42. The van der Waals surface area contributed by atoms with Gasteiger partial charge >= 0.3 is 5.97 Å². The maximum Gasteiger partial charge on any atom is 0.328 e. The van der Waals surface area contributed by atoms with Gasteiger partial charge in [0, 0.05) is 6.42 Å². The van der Waals surface area contributed by atoms with E-state index in [9.17, 15) is 14.0 Å². The molecule has 2 rings (SSSR count). The van der Waals surface area contributed by atoms with Gasteiger partial charge in [-0.25, -0.2) is 9.18 Å². The van der Waals surface area contributed by atoms with Gasteiger partial charge in [0.15, 0.2) is 0 Å². The van der Waals surface area contributed by atoms with Crippen molar-refractivity contribution in [2.75, 3.05) is 13.7 Å². The fourth-order valence-corrected chi connectivity index (χ4v) is 2.29. The van der Waals surface area contributed by atoms with Gasteiger partial charge in [0.1, 0.15) is 18.5 Å². The summed E-state index contributed by atoms with van der Waals surface area (Å²) in [6.45, 7) is 0.0735. The highest BCUT2D eigenvalue weighted by Gasteiger charge is 2.23. The molecule has 0 aliphatic rings. The topological polar surface area (TPSA) is 64.6 Å². The van der Waals surface area contributed by atoms with Crippen molar-refractivity contribution in [1.29, 1.82) is 0 Å². The summed E-state index contributed by atoms with van der Waals surface area (Å²) in [6, 6.07) is 14.5. The van der Waals surface area contributed by atoms with E-state index < -0.39 is 23.7 Å². The van der Waals surface area contributed by atoms with E-state index in [0.717, 1.165) is 5.56 Å². The van der Waals surface area contributed by atoms with Crippen LogP contribution in [0.1, 0.15) is 11.1 Å². The van der Waals surface area contributed by atoms with Crippen LogP contribution in [0, 0.1) is 5.82 Å². The highest BCUT2D eigenvalue weighted by Crippen LogP contribution is 2.10. The van der Waals surface area contributed by atoms with Crippen LogP contribution >= 0.6 is 0 Å². The molecule has 0 aliphatic heterocycles. The third-order valence-electron chi connectivity index (χ3n) is 3.55. The molecule has 1 amide bonds. The van der Waals surface area contributed by atoms with Crippen LogP contribution in [0.5, 0.6) is 0 Å². The standard InChI is InChI=1S/C19H20FNO4/c1-24-19(23)17(11-15-9-5-6-10-16(15)20)21-18(22)13-25-12-14-7-3-2-4-8-14/h2-10,17H,11-13H2,1H3,(H,21,22)/t17-/m1/s1. The van der Waals surface area contributed by atoms with Gasteiger partial charge in [0.05, 0.1) is 13.7 Å². The van der Waals surface area contributed by atoms with E-state index in [-0.39, 0.29) is 19.6 Å². The summed E-state index contributed by atoms with van der Waals surface area (Å²) >= 11 is 0. The number of esters is 1. The summed E-state index contributed by atoms with van der Waals surface area (Å²) in [5, 5.41) is 2.52. The molecule has 5 nitrogen and oxygen atoms in total. The monoisotopic (exact) mass is 345 g/mol. The lowest BCUT2D eigenvalue weighted by molar-refractivity contribution is -0.145. The molecule has 6 heteroatoms. The molecule has 2 aromatic carbocycles. The minimum atomic E-state index is -0.977. The molecule has 132 valence electrons. The van der Waals surface area contributed by atoms with Crippen LogP contribution in [-0.2, 0) is 32.1 Å². The number of halogens is 1. The average Bonchev–Trinajstić information content (AvgIpc) is 2.63. The largest absolute Gasteiger partial charge is 0.467 e. The fourth-order valence-electron chi connectivity index (χ4n) is 2.29. The van der Waals surface area contributed by atoms with Gasteiger partial charge in [-0.15, -0.1) is 0 Å². The molecule has 1 N–H and O–H groups in total. The summed E-state index contributed by atoms with van der Waals surface area (Å²) < 4.78 is 23.8. The number of carbonyl (C=O) groups is 2. The molecule has 0 aliphatic carbocycles. The Balaban J connectivity index is 1.89. The minimum Gasteiger partial charge on any atom is -0.467 e. The van der Waals surface area contributed by atoms with Gasteiger partial charge in [-0.05, 0) is 17.2 Å². The third kappa shape index (κ3) is 6.00. The molecule has 0 aromatic heterocycles. The third-order valence-corrected chi connectivity index (χ3v) is 3.55. The Bertz CT molecular complexity index is 706. The van der Waals surface area contributed by atoms with E-state index in [2.05, 4.69) is 10.1 Å². The van der Waals surface area contributed by atoms with E-state index in [1.807, 2.05) is 30.3 Å². The molecule has 0 saturated heterocycles. The second kappa shape index (κ2) is 9.54. The lowest BCUT2D eigenvalue weighted by atomic mass is 10.1. The first kappa shape index (κ1) is 18.6. The van der Waals surface area contributed by atoms with Gasteiger partial charge in [0.2, 0.25) is 5.91 Å². The molecule has 1 atom stereocenters. The first-order valence-electron chi connectivity index (χ1n) is 7.82. The van der Waals surface area contributed by atoms with Crippen molar-refractivity contribution < 1.29 is 23.5 Å². The van der Waals surface area contributed by atoms with Crippen LogP contribution in [0.4, 0.5) is 4.39 Å². The molecule has 0 fully saturated rings. The molecule has 0 unspecified atom stereocenters. The SMILES string of the molecule is COC(=O)[C@@H](Cc1ccccc1F)NC(=O)COCc1ccccc1. The zero-order chi connectivity index (χ0) is 18.1. The van der Waals surface area contributed by atoms with Gasteiger partial charge in [-0.1, -0.05) is 48.5 Å². The number of nitrogens with one attached hydrogen (secondary N) is 1. The highest BCUT2D eigenvalue weighted by atomic mass is 19.1. The first-order valence-corrected chi connectivity index (χ1v) is 7.82. The molecule has 0 bridgehead atoms. The highest BCUT2D eigenvalue weighted by molar-refractivity contribution is 5.85. The number of amides is 1. The zero-order valence-corrected chi connectivity index (χ0v) is 13.9. The molecular weight excluding hydrogens is 325 g/mol. The molecule has 25 heavy (non-hydrogen) atoms. The lowest BCUT2D eigenvalue weighted by Gasteiger charge is -2.17. The van der Waals surface area contributed by atoms with E-state index in [1.54, 1.807) is 18.2 Å². The lowest BCUT2D eigenvalue weighted by Crippen LogP contribution is -2.44. The summed E-state index contributed by atoms with van der Waals surface area (Å²) in [5.74, 6) is -1.55. The minimum absolute atomic E-state index is 0.00374. The average molecular weight is 345 g/mol. The predicted molar refractivity (Wildman–Crippen MR) is 90.1 cm³/mol. The Morgan fingerprint density at radius 3 is 2.44 bits per heavy atom. The number of methoxy groups -OCH3 is 1. The fraction of sp³-hybridized carbons (Fsp3) is 0.263. The van der Waals surface area contributed by atoms with Crippen molar-refractivity contribution in [2.45, 2.75) is 19.1 Å². The Morgan fingerprint density at radius 2 is 1.76 bits per heavy atom. The van der Waals surface area contributed by atoms with E-state index in [0.29, 0.717) is 5.56 Å². The summed E-state index contributed by atoms with van der Waals surface area (Å²) in [4.78, 5) is 23.9. The van der Waals surface area contributed by atoms with Crippen molar-refractivity contribution in [1.82, 2.24) is 5.32 Å². The normalized spacial score (nSPS) is 11.6. The van der Waals surface area contributed by atoms with Crippen molar-refractivity contribution in [3.8, 4) is 0 Å². The van der Waals surface area contributed by atoms with E-state index in [4.69, 9.17) is 4.74 Å². The molecular formula is C19H20FNO4. The van der Waals surface area contributed by atoms with Crippen molar-refractivity contribution in [3.05, 3.63) is 71.5 Å². The predicted octanol–water partition coefficient (Wildman–Crippen LogP) is 2.24. The van der Waals surface area contributed by atoms with Crippen LogP contribution in [0.2, 0.25) is 0 Å².